The highest BCUT2D eigenvalue weighted by atomic mass is 16.6. The van der Waals surface area contributed by atoms with E-state index >= 15 is 0 Å². The molecule has 0 amide bonds. The molecule has 310 valence electrons. The summed E-state index contributed by atoms with van der Waals surface area (Å²) in [4.78, 5) is 59.9. The van der Waals surface area contributed by atoms with Crippen LogP contribution >= 0.6 is 0 Å². The molecule has 0 saturated heterocycles. The number of carboxylic acids is 1. The molecule has 0 aliphatic heterocycles. The summed E-state index contributed by atoms with van der Waals surface area (Å²) < 4.78 is 27.2. The van der Waals surface area contributed by atoms with E-state index in [4.69, 9.17) is 28.8 Å². The van der Waals surface area contributed by atoms with Crippen LogP contribution in [0.4, 0.5) is 0 Å². The van der Waals surface area contributed by atoms with Gasteiger partial charge in [-0.3, -0.25) is 24.0 Å². The maximum absolute atomic E-state index is 12.4. The number of carbonyl (C=O) groups excluding carboxylic acids is 4. The van der Waals surface area contributed by atoms with E-state index in [0.717, 1.165) is 19.3 Å². The maximum atomic E-state index is 12.4. The van der Waals surface area contributed by atoms with Gasteiger partial charge in [0.1, 0.15) is 24.6 Å². The second kappa shape index (κ2) is 35.5. The van der Waals surface area contributed by atoms with Crippen molar-refractivity contribution in [3.8, 4) is 0 Å². The standard InChI is InChI=1S/C42H76O11/c1-5-6-7-8-9-10-11-12-13-14-15-16-17-22-37(43)23-18-20-27-49-29-31-51-32-30-50-28-21-19-24-38(44)34-52-35-39(45)33-36(25-26-40(46)47)41(48)53-42(2,3)4/h36H,5-35H2,1-4H3,(H,46,47). The largest absolute Gasteiger partial charge is 0.481 e. The summed E-state index contributed by atoms with van der Waals surface area (Å²) in [6.45, 7) is 9.89. The molecule has 11 heteroatoms. The summed E-state index contributed by atoms with van der Waals surface area (Å²) in [6.07, 6.45) is 21.4. The van der Waals surface area contributed by atoms with E-state index in [1.807, 2.05) is 0 Å². The van der Waals surface area contributed by atoms with Crippen LogP contribution in [0.3, 0.4) is 0 Å². The number of aliphatic carboxylic acids is 1. The van der Waals surface area contributed by atoms with Crippen LogP contribution in [0.25, 0.3) is 0 Å². The Bertz CT molecular complexity index is 944. The van der Waals surface area contributed by atoms with E-state index < -0.39 is 23.5 Å². The van der Waals surface area contributed by atoms with Gasteiger partial charge < -0.3 is 28.8 Å². The Morgan fingerprint density at radius 1 is 0.491 bits per heavy atom. The minimum absolute atomic E-state index is 0.0119. The van der Waals surface area contributed by atoms with Crippen LogP contribution in [-0.2, 0) is 47.7 Å². The number of hydrogen-bond donors (Lipinski definition) is 1. The van der Waals surface area contributed by atoms with Crippen molar-refractivity contribution in [2.24, 2.45) is 5.92 Å². The number of carbonyl (C=O) groups is 5. The molecule has 0 heterocycles. The van der Waals surface area contributed by atoms with E-state index in [1.165, 1.54) is 77.0 Å². The first-order chi connectivity index (χ1) is 25.4. The first-order valence-electron chi connectivity index (χ1n) is 20.7. The molecule has 0 bridgehead atoms. The van der Waals surface area contributed by atoms with Gasteiger partial charge in [0.05, 0.1) is 32.3 Å². The molecule has 0 saturated carbocycles. The predicted molar refractivity (Wildman–Crippen MR) is 207 cm³/mol. The minimum atomic E-state index is -1.06. The van der Waals surface area contributed by atoms with Crippen LogP contribution in [0.5, 0.6) is 0 Å². The van der Waals surface area contributed by atoms with Gasteiger partial charge in [-0.25, -0.2) is 0 Å². The Morgan fingerprint density at radius 2 is 0.906 bits per heavy atom. The number of ether oxygens (including phenoxy) is 5. The summed E-state index contributed by atoms with van der Waals surface area (Å²) in [6, 6.07) is 0. The highest BCUT2D eigenvalue weighted by Gasteiger charge is 2.28. The molecule has 1 N–H and O–H groups in total. The van der Waals surface area contributed by atoms with E-state index in [-0.39, 0.29) is 44.0 Å². The molecule has 11 nitrogen and oxygen atoms in total. The summed E-state index contributed by atoms with van der Waals surface area (Å²) >= 11 is 0. The zero-order valence-corrected chi connectivity index (χ0v) is 34.0. The molecular formula is C42H76O11. The fourth-order valence-corrected chi connectivity index (χ4v) is 5.73. The van der Waals surface area contributed by atoms with Gasteiger partial charge in [-0.15, -0.1) is 0 Å². The van der Waals surface area contributed by atoms with Crippen LogP contribution in [0.15, 0.2) is 0 Å². The molecule has 0 aromatic rings. The zero-order chi connectivity index (χ0) is 39.4. The first kappa shape index (κ1) is 50.8. The van der Waals surface area contributed by atoms with Crippen molar-refractivity contribution in [1.82, 2.24) is 0 Å². The van der Waals surface area contributed by atoms with Crippen molar-refractivity contribution >= 4 is 29.3 Å². The van der Waals surface area contributed by atoms with Crippen LogP contribution in [0.2, 0.25) is 0 Å². The average molecular weight is 757 g/mol. The molecule has 0 aliphatic rings. The molecule has 0 rings (SSSR count). The summed E-state index contributed by atoms with van der Waals surface area (Å²) in [5, 5.41) is 8.95. The van der Waals surface area contributed by atoms with Gasteiger partial charge in [0.25, 0.3) is 0 Å². The Labute approximate surface area is 321 Å². The minimum Gasteiger partial charge on any atom is -0.481 e. The number of esters is 1. The number of Topliss-reactive ketones (excluding diaryl/α,β-unsaturated/α-hetero) is 3. The topological polar surface area (TPSA) is 152 Å². The maximum Gasteiger partial charge on any atom is 0.309 e. The van der Waals surface area contributed by atoms with E-state index in [9.17, 15) is 24.0 Å². The van der Waals surface area contributed by atoms with Gasteiger partial charge in [0.2, 0.25) is 0 Å². The van der Waals surface area contributed by atoms with Gasteiger partial charge in [0.15, 0.2) is 11.6 Å². The lowest BCUT2D eigenvalue weighted by Crippen LogP contribution is -2.31. The summed E-state index contributed by atoms with van der Waals surface area (Å²) in [5.74, 6) is -2.70. The number of rotatable bonds is 40. The predicted octanol–water partition coefficient (Wildman–Crippen LogP) is 8.79. The fraction of sp³-hybridized carbons (Fsp3) is 0.881. The van der Waals surface area contributed by atoms with Gasteiger partial charge in [0, 0.05) is 45.3 Å². The highest BCUT2D eigenvalue weighted by molar-refractivity contribution is 5.86. The van der Waals surface area contributed by atoms with Crippen LogP contribution in [0.1, 0.15) is 175 Å². The zero-order valence-electron chi connectivity index (χ0n) is 34.0. The molecule has 0 aliphatic carbocycles. The molecule has 1 atom stereocenters. The van der Waals surface area contributed by atoms with Crippen LogP contribution in [-0.4, -0.2) is 92.9 Å². The molecule has 0 aromatic heterocycles. The Balaban J connectivity index is 3.56. The number of ketones is 3. The van der Waals surface area contributed by atoms with Crippen LogP contribution < -0.4 is 0 Å². The molecule has 1 unspecified atom stereocenters. The molecule has 0 aromatic carbocycles. The second-order valence-corrected chi connectivity index (χ2v) is 15.2. The van der Waals surface area contributed by atoms with Crippen molar-refractivity contribution in [1.29, 1.82) is 0 Å². The molecule has 53 heavy (non-hydrogen) atoms. The Hall–Kier alpha value is -2.21. The summed E-state index contributed by atoms with van der Waals surface area (Å²) in [5.41, 5.74) is -0.755. The van der Waals surface area contributed by atoms with Crippen molar-refractivity contribution in [2.75, 3.05) is 52.9 Å². The quantitative estimate of drug-likeness (QED) is 0.0472. The number of hydrogen-bond acceptors (Lipinski definition) is 10. The third-order valence-corrected chi connectivity index (χ3v) is 8.74. The van der Waals surface area contributed by atoms with Gasteiger partial charge in [-0.2, -0.15) is 0 Å². The average Bonchev–Trinajstić information content (AvgIpc) is 3.09. The lowest BCUT2D eigenvalue weighted by molar-refractivity contribution is -0.162. The lowest BCUT2D eigenvalue weighted by atomic mass is 9.97. The molecule has 0 fully saturated rings. The molecule has 0 spiro atoms. The Morgan fingerprint density at radius 3 is 1.38 bits per heavy atom. The molecule has 0 radical (unpaired) electrons. The smallest absolute Gasteiger partial charge is 0.309 e. The van der Waals surface area contributed by atoms with Crippen LogP contribution in [0, 0.1) is 5.92 Å². The number of unbranched alkanes of at least 4 members (excludes halogenated alkanes) is 14. The first-order valence-corrected chi connectivity index (χ1v) is 20.7. The SMILES string of the molecule is CCCCCCCCCCCCCCCC(=O)CCCCOCCOCCOCCCCC(=O)COCC(=O)CC(CCC(=O)O)C(=O)OC(C)(C)C. The van der Waals surface area contributed by atoms with Gasteiger partial charge in [-0.05, 0) is 59.3 Å². The van der Waals surface area contributed by atoms with Crippen molar-refractivity contribution in [3.05, 3.63) is 0 Å². The van der Waals surface area contributed by atoms with Crippen molar-refractivity contribution < 1.29 is 52.8 Å². The second-order valence-electron chi connectivity index (χ2n) is 15.2. The Kier molecular flexibility index (Phi) is 34.0. The monoisotopic (exact) mass is 757 g/mol. The van der Waals surface area contributed by atoms with Crippen molar-refractivity contribution in [3.63, 3.8) is 0 Å². The lowest BCUT2D eigenvalue weighted by Gasteiger charge is -2.23. The third-order valence-electron chi connectivity index (χ3n) is 8.74. The van der Waals surface area contributed by atoms with E-state index in [1.54, 1.807) is 20.8 Å². The van der Waals surface area contributed by atoms with Gasteiger partial charge in [-0.1, -0.05) is 84.0 Å². The highest BCUT2D eigenvalue weighted by Crippen LogP contribution is 2.19. The van der Waals surface area contributed by atoms with Crippen molar-refractivity contribution in [2.45, 2.75) is 181 Å². The van der Waals surface area contributed by atoms with Gasteiger partial charge >= 0.3 is 11.9 Å². The fourth-order valence-electron chi connectivity index (χ4n) is 5.73. The number of carboxylic acid groups (broad SMARTS) is 1. The third kappa shape index (κ3) is 37.9. The summed E-state index contributed by atoms with van der Waals surface area (Å²) in [7, 11) is 0. The normalized spacial score (nSPS) is 12.2. The van der Waals surface area contributed by atoms with E-state index in [0.29, 0.717) is 77.5 Å². The van der Waals surface area contributed by atoms with E-state index in [2.05, 4.69) is 6.92 Å². The molecular weight excluding hydrogens is 680 g/mol.